The molecule has 762 valence electrons. The number of hydrogen-bond acceptors (Lipinski definition) is 29. The van der Waals surface area contributed by atoms with Crippen LogP contribution < -0.4 is 133 Å². The second kappa shape index (κ2) is 60.0. The standard InChI is InChI=1S/C25H33N5O4.C25H31N5O4.C18H25N3O2.C13H17N3.C9H15NO3.C7H6N4O.C4H9O.CH3.K.Na.H2O.Pd/c2*1-3-34-23(31)13-21(19-8-11-22(33-2)27-14-19)29-25(32)30-15-17(16-30)6-9-20-10-7-18-5-4-12-26-24(18)28-20;1-18(2,3)23-17(22)21-11-13(12-21)6-8-15-9-7-14-5-4-10-19-16(14)20-15;1-2-11-4-6-12(16-13(11)15-7-1)5-3-10-8-14-9-10;1-9(2,3)13-8(12)10-4-7(5-10)6-11;12-7(10-3-1-8-5-10)11-4-2-9-6-11;1-4(2,3)5;;;;;/h7-8,10-11,14,17,21H,3-6,9,12-13,15-16H2,1-2H3,(H,26,28)(H,29,32);6-11,14,17,21H,3-5,12-13,15-16H2,1-2H3,(H,26,28)(H,29,32);6-9,13H,4-5,10-12H2,1-3H3,(H,19,20);3-6,10,14H,1-2,7-9H2,(H,15,16);6-7H,4-5H2,1-3H3;1-6H;1-3H3;1H3;;;1H2;/q;;;;;;2*-1;2*+1;;/p-1/b;9-6+;8-6+;5-3+;;;;;;;;/t2*21-;;;;;;;;;;/m00........../s1. The van der Waals surface area contributed by atoms with E-state index in [0.717, 1.165) is 149 Å². The first-order valence-corrected chi connectivity index (χ1v) is 47.5. The summed E-state index contributed by atoms with van der Waals surface area (Å²) in [5.74, 6) is 6.10. The van der Waals surface area contributed by atoms with Crippen molar-refractivity contribution in [1.82, 2.24) is 84.6 Å². The van der Waals surface area contributed by atoms with Crippen LogP contribution in [-0.2, 0) is 85.9 Å². The molecular formula is C102H140KN21NaO16Pd-. The van der Waals surface area contributed by atoms with E-state index in [0.29, 0.717) is 94.0 Å². The molecule has 5 saturated heterocycles. The van der Waals surface area contributed by atoms with Crippen molar-refractivity contribution in [1.29, 1.82) is 0 Å². The number of ether oxygens (including phenoxy) is 6. The number of aldehydes is 1. The van der Waals surface area contributed by atoms with Crippen molar-refractivity contribution in [3.05, 3.63) is 204 Å². The quantitative estimate of drug-likeness (QED) is 0.0114. The minimum atomic E-state index is -0.750. The largest absolute Gasteiger partial charge is 1.00 e. The monoisotopic (exact) mass is 2080 g/mol. The zero-order valence-corrected chi connectivity index (χ0v) is 91.8. The number of nitrogens with one attached hydrogen (secondary N) is 7. The van der Waals surface area contributed by atoms with Gasteiger partial charge >= 0.3 is 123 Å². The molecule has 17 heterocycles. The van der Waals surface area contributed by atoms with Gasteiger partial charge in [-0.15, -0.1) is 5.60 Å². The van der Waals surface area contributed by atoms with E-state index in [-0.39, 0.29) is 188 Å². The molecule has 142 heavy (non-hydrogen) atoms. The van der Waals surface area contributed by atoms with Crippen LogP contribution >= 0.6 is 0 Å². The Balaban J connectivity index is 0.000000266. The summed E-state index contributed by atoms with van der Waals surface area (Å²) >= 11 is 0. The first-order valence-electron chi connectivity index (χ1n) is 47.5. The van der Waals surface area contributed by atoms with Gasteiger partial charge < -0.3 is 108 Å². The number of anilines is 4. The zero-order chi connectivity index (χ0) is 98.0. The van der Waals surface area contributed by atoms with E-state index in [1.54, 1.807) is 118 Å². The van der Waals surface area contributed by atoms with E-state index in [1.165, 1.54) is 68.9 Å². The fourth-order valence-corrected chi connectivity index (χ4v) is 15.3. The van der Waals surface area contributed by atoms with Crippen molar-refractivity contribution >= 4 is 90.0 Å². The number of aryl methyl sites for hydroxylation is 5. The van der Waals surface area contributed by atoms with Gasteiger partial charge in [0.25, 0.3) is 0 Å². The summed E-state index contributed by atoms with van der Waals surface area (Å²) in [6.45, 7) is 31.4. The van der Waals surface area contributed by atoms with Gasteiger partial charge in [-0.2, -0.15) is 0 Å². The summed E-state index contributed by atoms with van der Waals surface area (Å²) in [6, 6.07) is 22.4. The van der Waals surface area contributed by atoms with Crippen molar-refractivity contribution in [2.75, 3.05) is 140 Å². The maximum atomic E-state index is 12.8. The number of aromatic nitrogens is 10. The third-order valence-electron chi connectivity index (χ3n) is 22.8. The average molecular weight is 2080 g/mol. The molecule has 9 aliphatic heterocycles. The van der Waals surface area contributed by atoms with Crippen LogP contribution in [-0.4, -0.2) is 258 Å². The van der Waals surface area contributed by atoms with Gasteiger partial charge in [0.15, 0.2) is 0 Å². The third kappa shape index (κ3) is 40.1. The fourth-order valence-electron chi connectivity index (χ4n) is 15.3. The van der Waals surface area contributed by atoms with Gasteiger partial charge in [-0.3, -0.25) is 18.7 Å². The Morgan fingerprint density at radius 1 is 0.500 bits per heavy atom. The zero-order valence-electron chi connectivity index (χ0n) is 85.1. The number of fused-ring (bicyclic) bond motifs is 4. The number of likely N-dealkylation sites (tertiary alicyclic amines) is 4. The Hall–Kier alpha value is -10.1. The Bertz CT molecular complexity index is 5310. The van der Waals surface area contributed by atoms with Crippen molar-refractivity contribution in [3.8, 4) is 11.8 Å². The molecule has 0 saturated carbocycles. The van der Waals surface area contributed by atoms with E-state index >= 15 is 0 Å². The van der Waals surface area contributed by atoms with Gasteiger partial charge in [0.2, 0.25) is 11.8 Å². The number of esters is 2. The molecule has 2 atom stereocenters. The number of urea groups is 2. The predicted octanol–water partition coefficient (Wildman–Crippen LogP) is 7.37. The number of rotatable bonds is 22. The van der Waals surface area contributed by atoms with E-state index in [1.807, 2.05) is 59.8 Å². The SMILES string of the molecule is C(=C\C1CNC1)/c1ccc2c(n1)NCCC2.CC(C)(C)OC(=O)N1CC(/C=C/c2ccc3c(n2)NCCC3)C1.CC(C)(C)OC(=O)N1CC(C=O)C1.CC(C)(C)[O-].CCOC(=O)C[C@H](NC(=O)N1CC(/C=C/c2ccc3c(n2)NCCC3)C1)c1ccc(OC)nc1.CCOC(=O)C[C@H](NC(=O)N1CC(CCc2ccc3c(n2)NCCC3)C1)c1ccc(OC)nc1.O=C(n1ccnc1)n1ccnc1.[CH3-].[K+].[Na+].[OH-].[Pd]. The summed E-state index contributed by atoms with van der Waals surface area (Å²) in [4.78, 5) is 136. The van der Waals surface area contributed by atoms with Crippen molar-refractivity contribution in [2.24, 2.45) is 29.6 Å². The number of imidazole rings is 2. The molecule has 8 aromatic rings. The number of pyridine rings is 6. The molecule has 6 amide bonds. The van der Waals surface area contributed by atoms with E-state index in [9.17, 15) is 43.5 Å². The first-order chi connectivity index (χ1) is 65.7. The van der Waals surface area contributed by atoms with Crippen LogP contribution in [0.3, 0.4) is 0 Å². The second-order valence-electron chi connectivity index (χ2n) is 37.7. The van der Waals surface area contributed by atoms with Gasteiger partial charge in [0, 0.05) is 185 Å². The Kier molecular flexibility index (Phi) is 50.9. The number of nitrogens with zero attached hydrogens (tertiary/aromatic N) is 14. The van der Waals surface area contributed by atoms with Gasteiger partial charge in [0.05, 0.1) is 75.4 Å². The molecule has 0 bridgehead atoms. The fraction of sp³-hybridized carbons (Fsp3) is 0.500. The molecule has 8 aromatic heterocycles. The molecule has 8 N–H and O–H groups in total. The maximum absolute atomic E-state index is 12.8. The molecule has 5 fully saturated rings. The van der Waals surface area contributed by atoms with Crippen LogP contribution in [0, 0.1) is 37.0 Å². The van der Waals surface area contributed by atoms with Crippen molar-refractivity contribution in [3.63, 3.8) is 0 Å². The van der Waals surface area contributed by atoms with E-state index in [4.69, 9.17) is 33.4 Å². The van der Waals surface area contributed by atoms with Crippen LogP contribution in [0.15, 0.2) is 141 Å². The minimum absolute atomic E-state index is 0. The summed E-state index contributed by atoms with van der Waals surface area (Å²) in [5.41, 5.74) is 9.07. The smallest absolute Gasteiger partial charge is 0.870 e. The van der Waals surface area contributed by atoms with Crippen molar-refractivity contribution < 1.29 is 179 Å². The molecule has 0 aromatic carbocycles. The normalized spacial score (nSPS) is 15.9. The van der Waals surface area contributed by atoms with Gasteiger partial charge in [-0.05, 0) is 201 Å². The molecule has 0 aliphatic carbocycles. The maximum Gasteiger partial charge on any atom is 1.00 e. The second-order valence-corrected chi connectivity index (χ2v) is 37.7. The summed E-state index contributed by atoms with van der Waals surface area (Å²) in [5, 5.41) is 32.7. The number of hydrogen-bond donors (Lipinski definition) is 7. The number of carbonyl (C=O) groups excluding carboxylic acids is 8. The topological polar surface area (TPSA) is 455 Å². The molecule has 37 nitrogen and oxygen atoms in total. The Morgan fingerprint density at radius 3 is 1.19 bits per heavy atom. The molecule has 0 unspecified atom stereocenters. The minimum Gasteiger partial charge on any atom is -0.870 e. The molecule has 17 rings (SSSR count). The van der Waals surface area contributed by atoms with Gasteiger partial charge in [-0.25, -0.2) is 63.8 Å². The third-order valence-corrected chi connectivity index (χ3v) is 22.8. The molecule has 9 aliphatic rings. The first kappa shape index (κ1) is 121. The predicted molar refractivity (Wildman–Crippen MR) is 530 cm³/mol. The summed E-state index contributed by atoms with van der Waals surface area (Å²) < 4.78 is 33.6. The number of amides is 6. The van der Waals surface area contributed by atoms with E-state index in [2.05, 4.69) is 139 Å². The molecular weight excluding hydrogens is 1940 g/mol. The van der Waals surface area contributed by atoms with Crippen LogP contribution in [0.5, 0.6) is 11.8 Å². The van der Waals surface area contributed by atoms with Gasteiger partial charge in [-0.1, -0.05) is 75.4 Å². The van der Waals surface area contributed by atoms with E-state index < -0.39 is 28.9 Å². The van der Waals surface area contributed by atoms with Crippen LogP contribution in [0.4, 0.5) is 47.2 Å². The number of carbonyl (C=O) groups is 8. The van der Waals surface area contributed by atoms with Gasteiger partial charge in [0.1, 0.15) is 53.4 Å². The van der Waals surface area contributed by atoms with Crippen LogP contribution in [0.1, 0.15) is 189 Å². The molecule has 0 radical (unpaired) electrons. The van der Waals surface area contributed by atoms with Crippen LogP contribution in [0.2, 0.25) is 0 Å². The van der Waals surface area contributed by atoms with Crippen molar-refractivity contribution in [2.45, 2.75) is 182 Å². The molecule has 0 spiro atoms. The average Bonchev–Trinajstić information content (AvgIpc) is 0.831. The van der Waals surface area contributed by atoms with Crippen LogP contribution in [0.25, 0.3) is 18.2 Å². The number of methoxy groups -OCH3 is 2. The Morgan fingerprint density at radius 2 is 0.859 bits per heavy atom. The summed E-state index contributed by atoms with van der Waals surface area (Å²) in [7, 11) is 3.08. The Labute approximate surface area is 913 Å². The molecule has 40 heteroatoms. The summed E-state index contributed by atoms with van der Waals surface area (Å²) in [6.07, 6.45) is 36.5.